The summed E-state index contributed by atoms with van der Waals surface area (Å²) < 4.78 is 9.44. The first kappa shape index (κ1) is 18.0. The Morgan fingerprint density at radius 1 is 0.964 bits per heavy atom. The first-order valence-corrected chi connectivity index (χ1v) is 9.39. The van der Waals surface area contributed by atoms with Crippen LogP contribution in [0.1, 0.15) is 16.8 Å². The summed E-state index contributed by atoms with van der Waals surface area (Å²) in [4.78, 5) is 12.8. The zero-order valence-corrected chi connectivity index (χ0v) is 16.3. The molecule has 4 rings (SSSR count). The lowest BCUT2D eigenvalue weighted by Gasteiger charge is -2.13. The van der Waals surface area contributed by atoms with Crippen molar-refractivity contribution in [1.29, 1.82) is 0 Å². The minimum Gasteiger partial charge on any atom is -0.492 e. The number of hydrogen-bond donors (Lipinski definition) is 0. The van der Waals surface area contributed by atoms with Gasteiger partial charge in [0.15, 0.2) is 0 Å². The van der Waals surface area contributed by atoms with Gasteiger partial charge >= 0.3 is 0 Å². The number of ether oxygens (including phenoxy) is 1. The number of aromatic nitrogens is 3. The molecule has 0 N–H and O–H groups in total. The molecule has 0 unspecified atom stereocenters. The van der Waals surface area contributed by atoms with Crippen LogP contribution in [-0.4, -0.2) is 21.0 Å². The number of nitrogens with zero attached hydrogens (tertiary/aromatic N) is 3. The number of rotatable bonds is 5. The Morgan fingerprint density at radius 2 is 1.68 bits per heavy atom. The SMILES string of the molecule is Cc1ccc(-n2nc(C)c3c(C)cc(=O)n(CCOc4ccccc4)c32)cc1. The molecule has 2 aromatic heterocycles. The second-order valence-corrected chi connectivity index (χ2v) is 7.01. The van der Waals surface area contributed by atoms with Crippen LogP contribution >= 0.6 is 0 Å². The summed E-state index contributed by atoms with van der Waals surface area (Å²) in [6.45, 7) is 6.84. The monoisotopic (exact) mass is 373 g/mol. The van der Waals surface area contributed by atoms with Crippen LogP contribution in [0.3, 0.4) is 0 Å². The van der Waals surface area contributed by atoms with Crippen molar-refractivity contribution in [2.75, 3.05) is 6.61 Å². The maximum Gasteiger partial charge on any atom is 0.252 e. The Kier molecular flexibility index (Phi) is 4.74. The van der Waals surface area contributed by atoms with E-state index in [4.69, 9.17) is 9.84 Å². The highest BCUT2D eigenvalue weighted by Crippen LogP contribution is 2.24. The third-order valence-corrected chi connectivity index (χ3v) is 4.90. The van der Waals surface area contributed by atoms with Crippen LogP contribution in [0.4, 0.5) is 0 Å². The molecule has 0 bridgehead atoms. The highest BCUT2D eigenvalue weighted by molar-refractivity contribution is 5.83. The zero-order chi connectivity index (χ0) is 19.7. The van der Waals surface area contributed by atoms with Gasteiger partial charge in [-0.25, -0.2) is 4.68 Å². The van der Waals surface area contributed by atoms with Gasteiger partial charge in [0, 0.05) is 11.5 Å². The molecule has 0 aliphatic heterocycles. The number of benzene rings is 2. The van der Waals surface area contributed by atoms with E-state index >= 15 is 0 Å². The van der Waals surface area contributed by atoms with Crippen LogP contribution < -0.4 is 10.3 Å². The van der Waals surface area contributed by atoms with Crippen molar-refractivity contribution in [2.24, 2.45) is 0 Å². The fourth-order valence-electron chi connectivity index (χ4n) is 3.52. The summed E-state index contributed by atoms with van der Waals surface area (Å²) in [5.41, 5.74) is 4.73. The van der Waals surface area contributed by atoms with Gasteiger partial charge in [-0.15, -0.1) is 0 Å². The van der Waals surface area contributed by atoms with Crippen molar-refractivity contribution in [3.05, 3.63) is 87.8 Å². The fourth-order valence-corrected chi connectivity index (χ4v) is 3.52. The van der Waals surface area contributed by atoms with Crippen LogP contribution in [-0.2, 0) is 6.54 Å². The molecule has 0 saturated carbocycles. The average molecular weight is 373 g/mol. The largest absolute Gasteiger partial charge is 0.492 e. The van der Waals surface area contributed by atoms with Gasteiger partial charge in [-0.3, -0.25) is 9.36 Å². The smallest absolute Gasteiger partial charge is 0.252 e. The van der Waals surface area contributed by atoms with Crippen LogP contribution in [0.2, 0.25) is 0 Å². The molecule has 0 radical (unpaired) electrons. The molecule has 142 valence electrons. The fraction of sp³-hybridized carbons (Fsp3) is 0.217. The van der Waals surface area contributed by atoms with E-state index in [1.165, 1.54) is 5.56 Å². The average Bonchev–Trinajstić information content (AvgIpc) is 3.03. The molecule has 5 nitrogen and oxygen atoms in total. The molecule has 0 atom stereocenters. The van der Waals surface area contributed by atoms with Crippen molar-refractivity contribution >= 4 is 11.0 Å². The minimum absolute atomic E-state index is 0.0464. The zero-order valence-electron chi connectivity index (χ0n) is 16.3. The minimum atomic E-state index is -0.0464. The molecule has 5 heteroatoms. The lowest BCUT2D eigenvalue weighted by molar-refractivity contribution is 0.298. The Bertz CT molecular complexity index is 1170. The van der Waals surface area contributed by atoms with Gasteiger partial charge in [0.2, 0.25) is 0 Å². The van der Waals surface area contributed by atoms with Gasteiger partial charge < -0.3 is 4.74 Å². The molecule has 0 spiro atoms. The quantitative estimate of drug-likeness (QED) is 0.527. The molecule has 28 heavy (non-hydrogen) atoms. The standard InChI is InChI=1S/C23H23N3O2/c1-16-9-11-19(12-10-16)26-23-22(18(3)24-26)17(2)15-21(27)25(23)13-14-28-20-7-5-4-6-8-20/h4-12,15H,13-14H2,1-3H3. The van der Waals surface area contributed by atoms with E-state index in [-0.39, 0.29) is 5.56 Å². The molecule has 4 aromatic rings. The van der Waals surface area contributed by atoms with Crippen LogP contribution in [0.15, 0.2) is 65.5 Å². The molecule has 0 saturated heterocycles. The summed E-state index contributed by atoms with van der Waals surface area (Å²) in [6.07, 6.45) is 0. The predicted molar refractivity (Wildman–Crippen MR) is 111 cm³/mol. The molecular weight excluding hydrogens is 350 g/mol. The summed E-state index contributed by atoms with van der Waals surface area (Å²) >= 11 is 0. The Hall–Kier alpha value is -3.34. The summed E-state index contributed by atoms with van der Waals surface area (Å²) in [7, 11) is 0. The van der Waals surface area contributed by atoms with Gasteiger partial charge in [0.25, 0.3) is 5.56 Å². The second-order valence-electron chi connectivity index (χ2n) is 7.01. The van der Waals surface area contributed by atoms with Crippen LogP contribution in [0, 0.1) is 20.8 Å². The second kappa shape index (κ2) is 7.35. The van der Waals surface area contributed by atoms with Crippen molar-refractivity contribution in [3.63, 3.8) is 0 Å². The maximum absolute atomic E-state index is 12.8. The number of fused-ring (bicyclic) bond motifs is 1. The van der Waals surface area contributed by atoms with Gasteiger partial charge in [0.1, 0.15) is 18.0 Å². The van der Waals surface area contributed by atoms with Crippen LogP contribution in [0.5, 0.6) is 5.75 Å². The van der Waals surface area contributed by atoms with E-state index in [2.05, 4.69) is 19.1 Å². The van der Waals surface area contributed by atoms with E-state index < -0.39 is 0 Å². The van der Waals surface area contributed by atoms with Gasteiger partial charge in [-0.2, -0.15) is 5.10 Å². The first-order chi connectivity index (χ1) is 13.5. The Balaban J connectivity index is 1.78. The normalized spacial score (nSPS) is 11.1. The van der Waals surface area contributed by atoms with E-state index in [1.807, 2.05) is 61.0 Å². The van der Waals surface area contributed by atoms with Gasteiger partial charge in [0.05, 0.1) is 17.9 Å². The summed E-state index contributed by atoms with van der Waals surface area (Å²) in [5.74, 6) is 0.794. The van der Waals surface area contributed by atoms with Crippen molar-refractivity contribution in [2.45, 2.75) is 27.3 Å². The van der Waals surface area contributed by atoms with Gasteiger partial charge in [-0.1, -0.05) is 35.9 Å². The summed E-state index contributed by atoms with van der Waals surface area (Å²) in [6, 6.07) is 19.5. The Morgan fingerprint density at radius 3 is 2.39 bits per heavy atom. The van der Waals surface area contributed by atoms with E-state index in [0.717, 1.165) is 33.7 Å². The third-order valence-electron chi connectivity index (χ3n) is 4.90. The molecule has 0 aliphatic rings. The molecular formula is C23H23N3O2. The molecule has 2 heterocycles. The van der Waals surface area contributed by atoms with E-state index in [0.29, 0.717) is 13.2 Å². The molecule has 0 aliphatic carbocycles. The predicted octanol–water partition coefficient (Wildman–Crippen LogP) is 4.19. The van der Waals surface area contributed by atoms with E-state index in [9.17, 15) is 4.79 Å². The van der Waals surface area contributed by atoms with Crippen molar-refractivity contribution in [1.82, 2.24) is 14.3 Å². The van der Waals surface area contributed by atoms with Crippen LogP contribution in [0.25, 0.3) is 16.7 Å². The topological polar surface area (TPSA) is 49.0 Å². The maximum atomic E-state index is 12.8. The Labute approximate surface area is 163 Å². The molecule has 0 fully saturated rings. The van der Waals surface area contributed by atoms with Crippen molar-refractivity contribution in [3.8, 4) is 11.4 Å². The van der Waals surface area contributed by atoms with E-state index in [1.54, 1.807) is 10.6 Å². The third kappa shape index (κ3) is 3.31. The first-order valence-electron chi connectivity index (χ1n) is 9.39. The van der Waals surface area contributed by atoms with Crippen molar-refractivity contribution < 1.29 is 4.74 Å². The molecule has 0 amide bonds. The lowest BCUT2D eigenvalue weighted by atomic mass is 10.1. The number of pyridine rings is 1. The highest BCUT2D eigenvalue weighted by atomic mass is 16.5. The number of aryl methyl sites for hydroxylation is 3. The van der Waals surface area contributed by atoms with Gasteiger partial charge in [-0.05, 0) is 50.6 Å². The lowest BCUT2D eigenvalue weighted by Crippen LogP contribution is -2.25. The highest BCUT2D eigenvalue weighted by Gasteiger charge is 2.17. The number of hydrogen-bond acceptors (Lipinski definition) is 3. The molecule has 2 aromatic carbocycles. The summed E-state index contributed by atoms with van der Waals surface area (Å²) in [5, 5.41) is 5.75. The number of para-hydroxylation sites is 1.